The second-order valence-electron chi connectivity index (χ2n) is 5.92. The van der Waals surface area contributed by atoms with Crippen molar-refractivity contribution in [2.75, 3.05) is 11.9 Å². The number of hydrogen-bond acceptors (Lipinski definition) is 7. The van der Waals surface area contributed by atoms with Crippen LogP contribution < -0.4 is 15.4 Å². The Hall–Kier alpha value is -2.63. The zero-order chi connectivity index (χ0) is 20.7. The summed E-state index contributed by atoms with van der Waals surface area (Å²) in [6.07, 6.45) is 3.72. The lowest BCUT2D eigenvalue weighted by molar-refractivity contribution is 0.158. The first-order valence-electron chi connectivity index (χ1n) is 8.40. The van der Waals surface area contributed by atoms with E-state index in [2.05, 4.69) is 25.3 Å². The van der Waals surface area contributed by atoms with E-state index in [0.717, 1.165) is 0 Å². The molecule has 11 heteroatoms. The van der Waals surface area contributed by atoms with Gasteiger partial charge in [0.15, 0.2) is 5.11 Å². The number of pyridine rings is 2. The molecule has 2 heterocycles. The zero-order valence-electron chi connectivity index (χ0n) is 15.6. The van der Waals surface area contributed by atoms with Crippen molar-refractivity contribution in [3.05, 3.63) is 36.8 Å². The van der Waals surface area contributed by atoms with E-state index < -0.39 is 16.1 Å². The monoisotopic (exact) mass is 423 g/mol. The molecule has 9 nitrogen and oxygen atoms in total. The van der Waals surface area contributed by atoms with Crippen LogP contribution in [0.15, 0.2) is 41.7 Å². The van der Waals surface area contributed by atoms with Crippen molar-refractivity contribution >= 4 is 39.3 Å². The molecule has 0 fully saturated rings. The Bertz CT molecular complexity index is 946. The Balaban J connectivity index is 2.12. The fraction of sp³-hybridized carbons (Fsp3) is 0.294. The van der Waals surface area contributed by atoms with Crippen LogP contribution in [0.25, 0.3) is 11.1 Å². The van der Waals surface area contributed by atoms with Gasteiger partial charge in [0, 0.05) is 35.8 Å². The van der Waals surface area contributed by atoms with E-state index in [1.54, 1.807) is 45.3 Å². The number of thiocarbonyl (C=S) groups is 1. The maximum Gasteiger partial charge on any atom is 0.413 e. The summed E-state index contributed by atoms with van der Waals surface area (Å²) in [6, 6.07) is 4.66. The molecule has 0 aromatic carbocycles. The number of ether oxygens (including phenoxy) is 1. The van der Waals surface area contributed by atoms with E-state index in [1.807, 2.05) is 0 Å². The number of alkyl carbamates (subject to hydrolysis) is 1. The maximum absolute atomic E-state index is 12.3. The van der Waals surface area contributed by atoms with E-state index in [1.165, 1.54) is 12.3 Å². The Morgan fingerprint density at radius 1 is 1.21 bits per heavy atom. The molecule has 28 heavy (non-hydrogen) atoms. The number of rotatable bonds is 6. The number of anilines is 1. The molecule has 1 amide bonds. The summed E-state index contributed by atoms with van der Waals surface area (Å²) in [5.74, 6) is 0.406. The predicted molar refractivity (Wildman–Crippen MR) is 109 cm³/mol. The Kier molecular flexibility index (Phi) is 7.38. The molecule has 2 rings (SSSR count). The van der Waals surface area contributed by atoms with Crippen molar-refractivity contribution in [1.29, 1.82) is 0 Å². The van der Waals surface area contributed by atoms with Crippen molar-refractivity contribution in [1.82, 2.24) is 20.0 Å². The second-order valence-corrected chi connectivity index (χ2v) is 8.04. The summed E-state index contributed by atoms with van der Waals surface area (Å²) in [5, 5.41) is 5.15. The molecular weight excluding hydrogens is 402 g/mol. The summed E-state index contributed by atoms with van der Waals surface area (Å²) in [6.45, 7) is 5.40. The van der Waals surface area contributed by atoms with Gasteiger partial charge >= 0.3 is 6.09 Å². The first-order chi connectivity index (χ1) is 13.2. The smallest absolute Gasteiger partial charge is 0.413 e. The van der Waals surface area contributed by atoms with Crippen LogP contribution in [0.5, 0.6) is 0 Å². The van der Waals surface area contributed by atoms with Gasteiger partial charge in [-0.2, -0.15) is 0 Å². The van der Waals surface area contributed by atoms with Crippen molar-refractivity contribution in [3.8, 4) is 11.1 Å². The van der Waals surface area contributed by atoms with Crippen molar-refractivity contribution in [3.63, 3.8) is 0 Å². The van der Waals surface area contributed by atoms with Gasteiger partial charge in [0.2, 0.25) is 10.0 Å². The van der Waals surface area contributed by atoms with E-state index in [-0.39, 0.29) is 22.7 Å². The van der Waals surface area contributed by atoms with Crippen LogP contribution in [0, 0.1) is 0 Å². The third kappa shape index (κ3) is 6.22. The molecule has 0 spiro atoms. The van der Waals surface area contributed by atoms with Crippen molar-refractivity contribution < 1.29 is 17.9 Å². The fourth-order valence-electron chi connectivity index (χ4n) is 2.15. The average Bonchev–Trinajstić information content (AvgIpc) is 2.61. The highest BCUT2D eigenvalue weighted by Gasteiger charge is 2.16. The van der Waals surface area contributed by atoms with E-state index in [9.17, 15) is 13.2 Å². The van der Waals surface area contributed by atoms with Gasteiger partial charge in [-0.15, -0.1) is 0 Å². The summed E-state index contributed by atoms with van der Waals surface area (Å²) in [7, 11) is -3.64. The van der Waals surface area contributed by atoms with Gasteiger partial charge in [-0.25, -0.2) is 22.9 Å². The Morgan fingerprint density at radius 2 is 1.96 bits per heavy atom. The third-order valence-corrected chi connectivity index (χ3v) is 5.07. The van der Waals surface area contributed by atoms with Crippen LogP contribution in [-0.2, 0) is 14.8 Å². The molecule has 0 bridgehead atoms. The van der Waals surface area contributed by atoms with Gasteiger partial charge in [-0.05, 0) is 51.2 Å². The molecule has 2 aromatic heterocycles. The van der Waals surface area contributed by atoms with Gasteiger partial charge in [0.05, 0.1) is 6.61 Å². The van der Waals surface area contributed by atoms with Crippen LogP contribution in [0.4, 0.5) is 10.6 Å². The number of sulfonamides is 1. The number of hydrogen-bond donors (Lipinski definition) is 3. The summed E-state index contributed by atoms with van der Waals surface area (Å²) >= 11 is 5.00. The molecule has 0 atom stereocenters. The first-order valence-corrected chi connectivity index (χ1v) is 10.3. The summed E-state index contributed by atoms with van der Waals surface area (Å²) < 4.78 is 31.8. The van der Waals surface area contributed by atoms with Gasteiger partial charge in [0.25, 0.3) is 0 Å². The topological polar surface area (TPSA) is 122 Å². The van der Waals surface area contributed by atoms with Gasteiger partial charge < -0.3 is 10.1 Å². The van der Waals surface area contributed by atoms with E-state index >= 15 is 0 Å². The van der Waals surface area contributed by atoms with Crippen molar-refractivity contribution in [2.45, 2.75) is 31.7 Å². The maximum atomic E-state index is 12.3. The molecule has 0 aliphatic heterocycles. The molecule has 0 radical (unpaired) electrons. The number of aromatic nitrogens is 2. The Morgan fingerprint density at radius 3 is 2.57 bits per heavy atom. The molecule has 3 N–H and O–H groups in total. The lowest BCUT2D eigenvalue weighted by Crippen LogP contribution is -2.34. The molecule has 150 valence electrons. The van der Waals surface area contributed by atoms with E-state index in [4.69, 9.17) is 17.0 Å². The third-order valence-electron chi connectivity index (χ3n) is 3.24. The standard InChI is InChI=1S/C17H21N5O4S2/c1-4-26-17(23)21-16(27)20-15-6-5-12(9-19-15)13-7-14(10-18-8-13)28(24,25)22-11(2)3/h5-11,22H,4H2,1-3H3,(H2,19,20,21,23,27). The number of amides is 1. The normalized spacial score (nSPS) is 11.1. The number of carbonyl (C=O) groups excluding carboxylic acids is 1. The quantitative estimate of drug-likeness (QED) is 0.605. The highest BCUT2D eigenvalue weighted by atomic mass is 32.2. The minimum Gasteiger partial charge on any atom is -0.450 e. The molecule has 0 unspecified atom stereocenters. The minimum atomic E-state index is -3.64. The van der Waals surface area contributed by atoms with Crippen LogP contribution >= 0.6 is 12.2 Å². The van der Waals surface area contributed by atoms with Gasteiger partial charge in [-0.3, -0.25) is 10.3 Å². The van der Waals surface area contributed by atoms with Gasteiger partial charge in [0.1, 0.15) is 10.7 Å². The van der Waals surface area contributed by atoms with Crippen LogP contribution in [0.1, 0.15) is 20.8 Å². The highest BCUT2D eigenvalue weighted by Crippen LogP contribution is 2.21. The second kappa shape index (κ2) is 9.53. The van der Waals surface area contributed by atoms with Crippen LogP contribution in [-0.4, -0.2) is 42.2 Å². The molecular formula is C17H21N5O4S2. The fourth-order valence-corrected chi connectivity index (χ4v) is 3.57. The largest absolute Gasteiger partial charge is 0.450 e. The molecule has 0 aliphatic rings. The molecule has 0 saturated heterocycles. The van der Waals surface area contributed by atoms with Crippen molar-refractivity contribution in [2.24, 2.45) is 0 Å². The molecule has 2 aromatic rings. The number of nitrogens with one attached hydrogen (secondary N) is 3. The zero-order valence-corrected chi connectivity index (χ0v) is 17.2. The number of nitrogens with zero attached hydrogens (tertiary/aromatic N) is 2. The first kappa shape index (κ1) is 21.7. The minimum absolute atomic E-state index is 0.0493. The lowest BCUT2D eigenvalue weighted by atomic mass is 10.1. The predicted octanol–water partition coefficient (Wildman–Crippen LogP) is 2.27. The summed E-state index contributed by atoms with van der Waals surface area (Å²) in [4.78, 5) is 19.6. The van der Waals surface area contributed by atoms with Crippen LogP contribution in [0.2, 0.25) is 0 Å². The van der Waals surface area contributed by atoms with Gasteiger partial charge in [-0.1, -0.05) is 0 Å². The SMILES string of the molecule is CCOC(=O)NC(=S)Nc1ccc(-c2cncc(S(=O)(=O)NC(C)C)c2)cn1. The molecule has 0 saturated carbocycles. The Labute approximate surface area is 169 Å². The molecule has 0 aliphatic carbocycles. The average molecular weight is 424 g/mol. The lowest BCUT2D eigenvalue weighted by Gasteiger charge is -2.11. The number of carbonyl (C=O) groups is 1. The van der Waals surface area contributed by atoms with Crippen LogP contribution in [0.3, 0.4) is 0 Å². The van der Waals surface area contributed by atoms with E-state index in [0.29, 0.717) is 16.9 Å². The summed E-state index contributed by atoms with van der Waals surface area (Å²) in [5.41, 5.74) is 1.27. The highest BCUT2D eigenvalue weighted by molar-refractivity contribution is 7.89.